The van der Waals surface area contributed by atoms with Gasteiger partial charge in [-0.2, -0.15) is 0 Å². The molecule has 124 valence electrons. The molecule has 0 unspecified atom stereocenters. The maximum atomic E-state index is 12.2. The number of benzene rings is 1. The fraction of sp³-hybridized carbons (Fsp3) is 0.188. The average Bonchev–Trinajstić information content (AvgIpc) is 3.04. The molecule has 0 bridgehead atoms. The van der Waals surface area contributed by atoms with Crippen LogP contribution in [0, 0.1) is 6.92 Å². The Morgan fingerprint density at radius 1 is 1.12 bits per heavy atom. The highest BCUT2D eigenvalue weighted by Crippen LogP contribution is 2.14. The first-order valence-corrected chi connectivity index (χ1v) is 8.83. The average molecular weight is 344 g/mol. The number of aromatic nitrogens is 3. The number of sulfonamides is 1. The predicted molar refractivity (Wildman–Crippen MR) is 87.6 cm³/mol. The lowest BCUT2D eigenvalue weighted by molar-refractivity contribution is 0.500. The molecule has 3 aromatic rings. The van der Waals surface area contributed by atoms with Gasteiger partial charge in [-0.05, 0) is 36.8 Å². The first kappa shape index (κ1) is 16.3. The molecular formula is C16H16N4O3S. The third-order valence-corrected chi connectivity index (χ3v) is 4.74. The van der Waals surface area contributed by atoms with Gasteiger partial charge in [-0.1, -0.05) is 18.2 Å². The van der Waals surface area contributed by atoms with E-state index in [0.717, 1.165) is 5.56 Å². The van der Waals surface area contributed by atoms with Crippen LogP contribution in [-0.2, 0) is 16.4 Å². The number of hydrogen-bond donors (Lipinski definition) is 1. The highest BCUT2D eigenvalue weighted by atomic mass is 32.2. The molecule has 8 heteroatoms. The zero-order valence-corrected chi connectivity index (χ0v) is 13.8. The molecule has 2 aromatic heterocycles. The molecule has 0 amide bonds. The lowest BCUT2D eigenvalue weighted by atomic mass is 10.2. The summed E-state index contributed by atoms with van der Waals surface area (Å²) in [6.07, 6.45) is 1.93. The van der Waals surface area contributed by atoms with E-state index in [4.69, 9.17) is 4.42 Å². The van der Waals surface area contributed by atoms with Crippen LogP contribution >= 0.6 is 0 Å². The molecule has 0 aliphatic heterocycles. The van der Waals surface area contributed by atoms with E-state index in [2.05, 4.69) is 19.9 Å². The molecule has 1 aromatic carbocycles. The molecule has 7 nitrogen and oxygen atoms in total. The van der Waals surface area contributed by atoms with Crippen molar-refractivity contribution in [1.29, 1.82) is 0 Å². The van der Waals surface area contributed by atoms with Gasteiger partial charge < -0.3 is 4.42 Å². The van der Waals surface area contributed by atoms with Gasteiger partial charge >= 0.3 is 0 Å². The van der Waals surface area contributed by atoms with Crippen LogP contribution in [0.1, 0.15) is 11.5 Å². The Bertz CT molecular complexity index is 923. The molecule has 0 aliphatic carbocycles. The second-order valence-corrected chi connectivity index (χ2v) is 6.95. The summed E-state index contributed by atoms with van der Waals surface area (Å²) in [4.78, 5) is 4.36. The third-order valence-electron chi connectivity index (χ3n) is 3.28. The fourth-order valence-electron chi connectivity index (χ4n) is 2.11. The van der Waals surface area contributed by atoms with Crippen LogP contribution in [0.2, 0.25) is 0 Å². The molecule has 0 radical (unpaired) electrons. The second-order valence-electron chi connectivity index (χ2n) is 5.18. The molecule has 0 saturated carbocycles. The van der Waals surface area contributed by atoms with E-state index in [1.54, 1.807) is 36.5 Å². The fourth-order valence-corrected chi connectivity index (χ4v) is 3.24. The Balaban J connectivity index is 1.62. The van der Waals surface area contributed by atoms with Crippen LogP contribution in [0.25, 0.3) is 11.6 Å². The topological polar surface area (TPSA) is 98.0 Å². The van der Waals surface area contributed by atoms with Gasteiger partial charge in [-0.25, -0.2) is 13.1 Å². The standard InChI is InChI=1S/C16H16N4O3S/c1-12-5-4-6-13(11-12)24(21,22)18-10-8-15-19-20-16(23-15)14-7-2-3-9-17-14/h2-7,9,11,18H,8,10H2,1H3. The van der Waals surface area contributed by atoms with E-state index >= 15 is 0 Å². The van der Waals surface area contributed by atoms with Crippen molar-refractivity contribution >= 4 is 10.0 Å². The smallest absolute Gasteiger partial charge is 0.266 e. The van der Waals surface area contributed by atoms with E-state index in [-0.39, 0.29) is 11.4 Å². The van der Waals surface area contributed by atoms with Gasteiger partial charge in [0.1, 0.15) is 5.69 Å². The molecule has 0 aliphatic rings. The van der Waals surface area contributed by atoms with Crippen LogP contribution in [0.3, 0.4) is 0 Å². The van der Waals surface area contributed by atoms with Crippen molar-refractivity contribution in [1.82, 2.24) is 19.9 Å². The molecular weight excluding hydrogens is 328 g/mol. The van der Waals surface area contributed by atoms with Crippen molar-refractivity contribution in [3.8, 4) is 11.6 Å². The normalized spacial score (nSPS) is 11.5. The van der Waals surface area contributed by atoms with Crippen LogP contribution in [0.4, 0.5) is 0 Å². The molecule has 2 heterocycles. The van der Waals surface area contributed by atoms with E-state index < -0.39 is 10.0 Å². The first-order chi connectivity index (χ1) is 11.5. The molecule has 0 saturated heterocycles. The van der Waals surface area contributed by atoms with E-state index in [1.165, 1.54) is 0 Å². The lowest BCUT2D eigenvalue weighted by Crippen LogP contribution is -2.26. The van der Waals surface area contributed by atoms with Gasteiger partial charge in [-0.3, -0.25) is 4.98 Å². The summed E-state index contributed by atoms with van der Waals surface area (Å²) in [5, 5.41) is 7.82. The lowest BCUT2D eigenvalue weighted by Gasteiger charge is -2.06. The summed E-state index contributed by atoms with van der Waals surface area (Å²) in [5.41, 5.74) is 1.46. The number of rotatable bonds is 6. The summed E-state index contributed by atoms with van der Waals surface area (Å²) in [5.74, 6) is 0.662. The van der Waals surface area contributed by atoms with Gasteiger partial charge in [-0.15, -0.1) is 10.2 Å². The largest absolute Gasteiger partial charge is 0.419 e. The van der Waals surface area contributed by atoms with Gasteiger partial charge in [0.15, 0.2) is 0 Å². The first-order valence-electron chi connectivity index (χ1n) is 7.35. The van der Waals surface area contributed by atoms with Crippen molar-refractivity contribution < 1.29 is 12.8 Å². The van der Waals surface area contributed by atoms with Crippen LogP contribution in [0.15, 0.2) is 58.0 Å². The summed E-state index contributed by atoms with van der Waals surface area (Å²) in [6, 6.07) is 12.1. The van der Waals surface area contributed by atoms with Crippen molar-refractivity contribution in [3.63, 3.8) is 0 Å². The van der Waals surface area contributed by atoms with Crippen molar-refractivity contribution in [2.24, 2.45) is 0 Å². The van der Waals surface area contributed by atoms with Crippen LogP contribution in [-0.4, -0.2) is 30.1 Å². The SMILES string of the molecule is Cc1cccc(S(=O)(=O)NCCc2nnc(-c3ccccn3)o2)c1. The monoisotopic (exact) mass is 344 g/mol. The Kier molecular flexibility index (Phi) is 4.68. The minimum atomic E-state index is -3.55. The molecule has 1 N–H and O–H groups in total. The van der Waals surface area contributed by atoms with Gasteiger partial charge in [0, 0.05) is 19.2 Å². The minimum Gasteiger partial charge on any atom is -0.419 e. The maximum absolute atomic E-state index is 12.2. The van der Waals surface area contributed by atoms with Crippen LogP contribution in [0.5, 0.6) is 0 Å². The van der Waals surface area contributed by atoms with Gasteiger partial charge in [0.25, 0.3) is 5.89 Å². The second kappa shape index (κ2) is 6.90. The summed E-state index contributed by atoms with van der Waals surface area (Å²) in [6.45, 7) is 2.01. The summed E-state index contributed by atoms with van der Waals surface area (Å²) in [7, 11) is -3.55. The number of nitrogens with zero attached hydrogens (tertiary/aromatic N) is 3. The van der Waals surface area contributed by atoms with Crippen molar-refractivity contribution in [2.45, 2.75) is 18.2 Å². The van der Waals surface area contributed by atoms with E-state index in [1.807, 2.05) is 19.1 Å². The molecule has 3 rings (SSSR count). The Labute approximate surface area is 139 Å². The number of hydrogen-bond acceptors (Lipinski definition) is 6. The number of aryl methyl sites for hydroxylation is 1. The summed E-state index contributed by atoms with van der Waals surface area (Å²) < 4.78 is 32.4. The highest BCUT2D eigenvalue weighted by molar-refractivity contribution is 7.89. The molecule has 0 fully saturated rings. The van der Waals surface area contributed by atoms with E-state index in [9.17, 15) is 8.42 Å². The Morgan fingerprint density at radius 2 is 2.00 bits per heavy atom. The predicted octanol–water partition coefficient (Wildman–Crippen LogP) is 1.96. The minimum absolute atomic E-state index is 0.167. The highest BCUT2D eigenvalue weighted by Gasteiger charge is 2.15. The zero-order valence-electron chi connectivity index (χ0n) is 13.0. The Hall–Kier alpha value is -2.58. The quantitative estimate of drug-likeness (QED) is 0.734. The van der Waals surface area contributed by atoms with Crippen molar-refractivity contribution in [3.05, 3.63) is 60.1 Å². The maximum Gasteiger partial charge on any atom is 0.266 e. The molecule has 0 spiro atoms. The molecule has 24 heavy (non-hydrogen) atoms. The number of nitrogens with one attached hydrogen (secondary N) is 1. The zero-order chi connectivity index (χ0) is 17.0. The van der Waals surface area contributed by atoms with E-state index in [0.29, 0.717) is 23.9 Å². The number of pyridine rings is 1. The Morgan fingerprint density at radius 3 is 2.75 bits per heavy atom. The van der Waals surface area contributed by atoms with Crippen LogP contribution < -0.4 is 4.72 Å². The third kappa shape index (κ3) is 3.84. The van der Waals surface area contributed by atoms with Gasteiger partial charge in [0.2, 0.25) is 15.9 Å². The summed E-state index contributed by atoms with van der Waals surface area (Å²) >= 11 is 0. The van der Waals surface area contributed by atoms with Crippen molar-refractivity contribution in [2.75, 3.05) is 6.54 Å². The van der Waals surface area contributed by atoms with Gasteiger partial charge in [0.05, 0.1) is 4.90 Å². The molecule has 0 atom stereocenters.